The maximum atomic E-state index is 11.5. The van der Waals surface area contributed by atoms with Crippen molar-refractivity contribution >= 4 is 47.6 Å². The highest BCUT2D eigenvalue weighted by Gasteiger charge is 2.22. The molecule has 1 aromatic rings. The van der Waals surface area contributed by atoms with Gasteiger partial charge in [0.05, 0.1) is 0 Å². The molecule has 0 spiro atoms. The van der Waals surface area contributed by atoms with Crippen molar-refractivity contribution in [3.63, 3.8) is 0 Å². The Balaban J connectivity index is 0.00000364. The van der Waals surface area contributed by atoms with Gasteiger partial charge in [0.1, 0.15) is 0 Å². The highest BCUT2D eigenvalue weighted by molar-refractivity contribution is 14.0. The molecule has 1 amide bonds. The van der Waals surface area contributed by atoms with Gasteiger partial charge in [-0.25, -0.2) is 0 Å². The van der Waals surface area contributed by atoms with Crippen LogP contribution in [0.5, 0.6) is 0 Å². The number of carbonyl (C=O) groups excluding carboxylic acids is 1. The number of carbonyl (C=O) groups is 1. The summed E-state index contributed by atoms with van der Waals surface area (Å²) in [6, 6.07) is 10.5. The third-order valence-corrected chi connectivity index (χ3v) is 5.68. The minimum Gasteiger partial charge on any atom is -0.359 e. The lowest BCUT2D eigenvalue weighted by atomic mass is 9.93. The van der Waals surface area contributed by atoms with Crippen LogP contribution >= 0.6 is 35.7 Å². The van der Waals surface area contributed by atoms with E-state index < -0.39 is 0 Å². The van der Waals surface area contributed by atoms with E-state index in [-0.39, 0.29) is 29.9 Å². The molecule has 0 aromatic heterocycles. The van der Waals surface area contributed by atoms with Gasteiger partial charge in [0.25, 0.3) is 0 Å². The van der Waals surface area contributed by atoms with Gasteiger partial charge in [-0.2, -0.15) is 0 Å². The normalized spacial score (nSPS) is 15.2. The summed E-state index contributed by atoms with van der Waals surface area (Å²) in [6.45, 7) is 5.80. The van der Waals surface area contributed by atoms with E-state index in [9.17, 15) is 4.79 Å². The first-order valence-electron chi connectivity index (χ1n) is 9.64. The molecule has 1 aliphatic heterocycles. The summed E-state index contributed by atoms with van der Waals surface area (Å²) in [5.74, 6) is 2.76. The molecule has 0 unspecified atom stereocenters. The van der Waals surface area contributed by atoms with E-state index in [0.29, 0.717) is 12.3 Å². The van der Waals surface area contributed by atoms with E-state index >= 15 is 0 Å². The minimum atomic E-state index is 0. The predicted molar refractivity (Wildman–Crippen MR) is 126 cm³/mol. The summed E-state index contributed by atoms with van der Waals surface area (Å²) in [5, 5.41) is 6.15. The molecule has 2 N–H and O–H groups in total. The minimum absolute atomic E-state index is 0. The fourth-order valence-electron chi connectivity index (χ4n) is 3.10. The molecule has 0 radical (unpaired) electrons. The zero-order valence-corrected chi connectivity index (χ0v) is 19.6. The number of piperidine rings is 1. The smallest absolute Gasteiger partial charge is 0.220 e. The van der Waals surface area contributed by atoms with Crippen LogP contribution in [0.2, 0.25) is 0 Å². The SMILES string of the molecule is CCNC(=NCCCSc1ccccc1)N1CCC(CC(=O)NC)CC1.I. The number of halogens is 1. The Morgan fingerprint density at radius 1 is 1.26 bits per heavy atom. The third-order valence-electron chi connectivity index (χ3n) is 4.58. The molecule has 27 heavy (non-hydrogen) atoms. The maximum absolute atomic E-state index is 11.5. The average molecular weight is 504 g/mol. The second-order valence-corrected chi connectivity index (χ2v) is 7.73. The van der Waals surface area contributed by atoms with E-state index in [2.05, 4.69) is 52.8 Å². The topological polar surface area (TPSA) is 56.7 Å². The second-order valence-electron chi connectivity index (χ2n) is 6.56. The quantitative estimate of drug-likeness (QED) is 0.187. The molecule has 0 bridgehead atoms. The van der Waals surface area contributed by atoms with Crippen molar-refractivity contribution in [1.29, 1.82) is 0 Å². The Bertz CT molecular complexity index is 562. The summed E-state index contributed by atoms with van der Waals surface area (Å²) in [6.07, 6.45) is 3.83. The van der Waals surface area contributed by atoms with Crippen LogP contribution in [0.3, 0.4) is 0 Å². The Labute approximate surface area is 185 Å². The number of hydrogen-bond acceptors (Lipinski definition) is 3. The van der Waals surface area contributed by atoms with Crippen LogP contribution in [0.15, 0.2) is 40.2 Å². The molecule has 1 aliphatic rings. The van der Waals surface area contributed by atoms with Gasteiger partial charge in [-0.15, -0.1) is 35.7 Å². The fraction of sp³-hybridized carbons (Fsp3) is 0.600. The zero-order valence-electron chi connectivity index (χ0n) is 16.4. The molecule has 0 aliphatic carbocycles. The van der Waals surface area contributed by atoms with E-state index in [1.165, 1.54) is 4.90 Å². The highest BCUT2D eigenvalue weighted by atomic mass is 127. The number of benzene rings is 1. The molecular weight excluding hydrogens is 471 g/mol. The first-order valence-corrected chi connectivity index (χ1v) is 10.6. The Kier molecular flexibility index (Phi) is 12.6. The molecular formula is C20H33IN4OS. The Hall–Kier alpha value is -0.960. The standard InChI is InChI=1S/C20H32N4OS.HI/c1-3-22-20(23-12-7-15-26-18-8-5-4-6-9-18)24-13-10-17(11-14-24)16-19(25)21-2;/h4-6,8-9,17H,3,7,10-16H2,1-2H3,(H,21,25)(H,22,23);1H. The van der Waals surface area contributed by atoms with E-state index in [1.54, 1.807) is 7.05 Å². The van der Waals surface area contributed by atoms with Gasteiger partial charge >= 0.3 is 0 Å². The van der Waals surface area contributed by atoms with Crippen molar-refractivity contribution in [1.82, 2.24) is 15.5 Å². The largest absolute Gasteiger partial charge is 0.359 e. The monoisotopic (exact) mass is 504 g/mol. The number of likely N-dealkylation sites (tertiary alicyclic amines) is 1. The van der Waals surface area contributed by atoms with Crippen LogP contribution in [0.1, 0.15) is 32.6 Å². The predicted octanol–water partition coefficient (Wildman–Crippen LogP) is 3.60. The molecule has 152 valence electrons. The van der Waals surface area contributed by atoms with Gasteiger partial charge in [-0.1, -0.05) is 18.2 Å². The Morgan fingerprint density at radius 3 is 2.59 bits per heavy atom. The summed E-state index contributed by atoms with van der Waals surface area (Å²) < 4.78 is 0. The van der Waals surface area contributed by atoms with Crippen molar-refractivity contribution in [3.8, 4) is 0 Å². The van der Waals surface area contributed by atoms with Gasteiger partial charge in [0.15, 0.2) is 5.96 Å². The molecule has 1 saturated heterocycles. The summed E-state index contributed by atoms with van der Waals surface area (Å²) in [7, 11) is 1.71. The lowest BCUT2D eigenvalue weighted by molar-refractivity contribution is -0.121. The summed E-state index contributed by atoms with van der Waals surface area (Å²) in [5.41, 5.74) is 0. The van der Waals surface area contributed by atoms with Gasteiger partial charge < -0.3 is 15.5 Å². The first kappa shape index (κ1) is 24.1. The first-order chi connectivity index (χ1) is 12.7. The van der Waals surface area contributed by atoms with Crippen molar-refractivity contribution in [2.24, 2.45) is 10.9 Å². The number of amides is 1. The van der Waals surface area contributed by atoms with Crippen LogP contribution in [0.4, 0.5) is 0 Å². The van der Waals surface area contributed by atoms with Gasteiger partial charge in [-0.3, -0.25) is 9.79 Å². The third kappa shape index (κ3) is 9.19. The molecule has 0 atom stereocenters. The number of guanidine groups is 1. The second kappa shape index (κ2) is 14.1. The van der Waals surface area contributed by atoms with Crippen molar-refractivity contribution in [2.45, 2.75) is 37.5 Å². The van der Waals surface area contributed by atoms with Crippen LogP contribution in [0, 0.1) is 5.92 Å². The van der Waals surface area contributed by atoms with Crippen LogP contribution in [-0.4, -0.2) is 55.7 Å². The molecule has 2 rings (SSSR count). The molecule has 0 saturated carbocycles. The van der Waals surface area contributed by atoms with Crippen molar-refractivity contribution < 1.29 is 4.79 Å². The maximum Gasteiger partial charge on any atom is 0.220 e. The van der Waals surface area contributed by atoms with Gasteiger partial charge in [0.2, 0.25) is 5.91 Å². The number of thioether (sulfide) groups is 1. The molecule has 5 nitrogen and oxygen atoms in total. The van der Waals surface area contributed by atoms with E-state index in [1.807, 2.05) is 11.8 Å². The molecule has 1 aromatic carbocycles. The summed E-state index contributed by atoms with van der Waals surface area (Å²) >= 11 is 1.89. The van der Waals surface area contributed by atoms with Gasteiger partial charge in [-0.05, 0) is 50.0 Å². The van der Waals surface area contributed by atoms with Crippen LogP contribution in [-0.2, 0) is 4.79 Å². The average Bonchev–Trinajstić information content (AvgIpc) is 2.68. The number of nitrogens with zero attached hydrogens (tertiary/aromatic N) is 2. The van der Waals surface area contributed by atoms with Crippen LogP contribution < -0.4 is 10.6 Å². The highest BCUT2D eigenvalue weighted by Crippen LogP contribution is 2.21. The lowest BCUT2D eigenvalue weighted by Crippen LogP contribution is -2.46. The van der Waals surface area contributed by atoms with E-state index in [4.69, 9.17) is 4.99 Å². The molecule has 1 fully saturated rings. The molecule has 1 heterocycles. The van der Waals surface area contributed by atoms with Crippen LogP contribution in [0.25, 0.3) is 0 Å². The fourth-order valence-corrected chi connectivity index (χ4v) is 3.95. The van der Waals surface area contributed by atoms with Crippen molar-refractivity contribution in [3.05, 3.63) is 30.3 Å². The number of aliphatic imine (C=N–C) groups is 1. The number of hydrogen-bond donors (Lipinski definition) is 2. The van der Waals surface area contributed by atoms with Crippen molar-refractivity contribution in [2.75, 3.05) is 39.0 Å². The lowest BCUT2D eigenvalue weighted by Gasteiger charge is -2.34. The number of rotatable bonds is 8. The van der Waals surface area contributed by atoms with E-state index in [0.717, 1.165) is 57.2 Å². The van der Waals surface area contributed by atoms with Gasteiger partial charge in [0, 0.05) is 44.5 Å². The molecule has 7 heteroatoms. The summed E-state index contributed by atoms with van der Waals surface area (Å²) in [4.78, 5) is 20.0. The number of nitrogens with one attached hydrogen (secondary N) is 2. The Morgan fingerprint density at radius 2 is 1.96 bits per heavy atom. The zero-order chi connectivity index (χ0) is 18.6.